The second kappa shape index (κ2) is 40.7. The molecule has 0 spiro atoms. The number of amides is 13. The number of methoxy groups -OCH3 is 1. The number of hydrogen-bond acceptors (Lipinski definition) is 17. The second-order valence-corrected chi connectivity index (χ2v) is 24.1. The van der Waals surface area contributed by atoms with Gasteiger partial charge in [0.15, 0.2) is 5.96 Å². The Labute approximate surface area is 552 Å². The van der Waals surface area contributed by atoms with Gasteiger partial charge in [0.1, 0.15) is 54.4 Å². The molecule has 0 unspecified atom stereocenters. The van der Waals surface area contributed by atoms with Crippen molar-refractivity contribution in [2.45, 2.75) is 183 Å². The average Bonchev–Trinajstić information content (AvgIpc) is 1.74. The number of carbonyl (C=O) groups is 13. The SMILES string of the molecule is COCC[C@H](NC(=O)[C@H](CC(C)C)NC(=O)CNC(=O)[C@H](Cc1ccccc1)NC(=O)[C@H](Cc1ccccc1)NC(=O)[C@H](CCC(N)=O)NC(=O)[C@H](CCC(N)=O)NC(=O)[C@@H]1CCCN1C(=O)[C@H](CCCCN)NC(=O)[C@@H]1CCCN1C(=O)[C@@H](N)CCCN=C(N)N)C(N)=O. The third kappa shape index (κ3) is 27.3. The minimum absolute atomic E-state index is 0.0713. The summed E-state index contributed by atoms with van der Waals surface area (Å²) in [5.41, 5.74) is 40.6. The third-order valence-electron chi connectivity index (χ3n) is 16.0. The Morgan fingerprint density at radius 1 is 0.537 bits per heavy atom. The summed E-state index contributed by atoms with van der Waals surface area (Å²) in [5.74, 6) is -10.5. The van der Waals surface area contributed by atoms with Gasteiger partial charge in [-0.3, -0.25) is 67.3 Å². The lowest BCUT2D eigenvalue weighted by molar-refractivity contribution is -0.144. The summed E-state index contributed by atoms with van der Waals surface area (Å²) in [6, 6.07) is 4.29. The molecular formula is C63H98N18O14. The molecule has 0 aromatic heterocycles. The van der Waals surface area contributed by atoms with Crippen molar-refractivity contribution in [3.8, 4) is 0 Å². The predicted molar refractivity (Wildman–Crippen MR) is 349 cm³/mol. The fourth-order valence-corrected chi connectivity index (χ4v) is 11.0. The normalized spacial score (nSPS) is 16.8. The van der Waals surface area contributed by atoms with E-state index in [-0.39, 0.29) is 89.6 Å². The molecule has 2 aliphatic rings. The Kier molecular flexibility index (Phi) is 33.5. The summed E-state index contributed by atoms with van der Waals surface area (Å²) in [4.78, 5) is 185. The van der Waals surface area contributed by atoms with Gasteiger partial charge in [0.05, 0.1) is 12.6 Å². The van der Waals surface area contributed by atoms with Gasteiger partial charge in [0.2, 0.25) is 76.8 Å². The molecule has 32 heteroatoms. The lowest BCUT2D eigenvalue weighted by Gasteiger charge is -2.32. The lowest BCUT2D eigenvalue weighted by Crippen LogP contribution is -2.60. The molecule has 2 saturated heterocycles. The smallest absolute Gasteiger partial charge is 0.245 e. The molecular weight excluding hydrogens is 1230 g/mol. The minimum Gasteiger partial charge on any atom is -0.385 e. The molecule has 2 heterocycles. The highest BCUT2D eigenvalue weighted by Crippen LogP contribution is 2.24. The number of aliphatic imine (C=N–C) groups is 1. The van der Waals surface area contributed by atoms with E-state index in [4.69, 9.17) is 44.9 Å². The quantitative estimate of drug-likeness (QED) is 0.0169. The third-order valence-corrected chi connectivity index (χ3v) is 16.0. The van der Waals surface area contributed by atoms with E-state index in [1.165, 1.54) is 16.9 Å². The van der Waals surface area contributed by atoms with Crippen molar-refractivity contribution in [2.75, 3.05) is 46.4 Å². The summed E-state index contributed by atoms with van der Waals surface area (Å²) in [6.45, 7) is 3.92. The van der Waals surface area contributed by atoms with Crippen molar-refractivity contribution in [2.24, 2.45) is 51.0 Å². The first kappa shape index (κ1) is 78.1. The number of hydrogen-bond donors (Lipinski definition) is 15. The molecule has 2 aromatic carbocycles. The Morgan fingerprint density at radius 2 is 1.01 bits per heavy atom. The number of likely N-dealkylation sites (tertiary alicyclic amines) is 2. The molecule has 2 aromatic rings. The zero-order chi connectivity index (χ0) is 70.1. The van der Waals surface area contributed by atoms with E-state index in [9.17, 15) is 62.3 Å². The molecule has 0 bridgehead atoms. The van der Waals surface area contributed by atoms with Crippen LogP contribution in [0.3, 0.4) is 0 Å². The molecule has 4 rings (SSSR count). The van der Waals surface area contributed by atoms with Crippen LogP contribution in [0.2, 0.25) is 0 Å². The molecule has 2 fully saturated rings. The first-order chi connectivity index (χ1) is 45.2. The van der Waals surface area contributed by atoms with Crippen molar-refractivity contribution >= 4 is 82.8 Å². The van der Waals surface area contributed by atoms with Gasteiger partial charge in [-0.15, -0.1) is 0 Å². The molecule has 32 nitrogen and oxygen atoms in total. The van der Waals surface area contributed by atoms with Crippen LogP contribution in [0.1, 0.15) is 121 Å². The molecule has 0 saturated carbocycles. The van der Waals surface area contributed by atoms with E-state index in [0.29, 0.717) is 49.7 Å². The van der Waals surface area contributed by atoms with E-state index in [2.05, 4.69) is 47.5 Å². The van der Waals surface area contributed by atoms with Crippen LogP contribution in [0.5, 0.6) is 0 Å². The van der Waals surface area contributed by atoms with Crippen molar-refractivity contribution < 1.29 is 67.1 Å². The van der Waals surface area contributed by atoms with Gasteiger partial charge < -0.3 is 97.2 Å². The summed E-state index contributed by atoms with van der Waals surface area (Å²) in [7, 11) is 1.41. The summed E-state index contributed by atoms with van der Waals surface area (Å²) < 4.78 is 5.02. The highest BCUT2D eigenvalue weighted by Gasteiger charge is 2.42. The van der Waals surface area contributed by atoms with Crippen molar-refractivity contribution in [3.05, 3.63) is 71.8 Å². The molecule has 22 N–H and O–H groups in total. The van der Waals surface area contributed by atoms with Crippen LogP contribution >= 0.6 is 0 Å². The number of nitrogens with one attached hydrogen (secondary N) is 8. The van der Waals surface area contributed by atoms with E-state index in [0.717, 1.165) is 0 Å². The van der Waals surface area contributed by atoms with Crippen LogP contribution in [0.15, 0.2) is 65.7 Å². The molecule has 13 amide bonds. The maximum Gasteiger partial charge on any atom is 0.245 e. The molecule has 2 aliphatic heterocycles. The number of unbranched alkanes of at least 4 members (excludes halogenated alkanes) is 1. The second-order valence-electron chi connectivity index (χ2n) is 24.1. The monoisotopic (exact) mass is 1330 g/mol. The van der Waals surface area contributed by atoms with Crippen LogP contribution in [0.4, 0.5) is 0 Å². The average molecular weight is 1330 g/mol. The topological polar surface area (TPSA) is 528 Å². The van der Waals surface area contributed by atoms with Gasteiger partial charge in [-0.25, -0.2) is 0 Å². The van der Waals surface area contributed by atoms with E-state index < -0.39 is 169 Å². The number of guanidine groups is 1. The first-order valence-electron chi connectivity index (χ1n) is 32.2. The van der Waals surface area contributed by atoms with E-state index >= 15 is 0 Å². The Bertz CT molecular complexity index is 2960. The van der Waals surface area contributed by atoms with E-state index in [1.807, 2.05) is 13.8 Å². The van der Waals surface area contributed by atoms with Gasteiger partial charge in [-0.1, -0.05) is 74.5 Å². The van der Waals surface area contributed by atoms with Gasteiger partial charge in [-0.05, 0) is 107 Å². The molecule has 524 valence electrons. The lowest BCUT2D eigenvalue weighted by atomic mass is 10.0. The fourth-order valence-electron chi connectivity index (χ4n) is 11.0. The Morgan fingerprint density at radius 3 is 1.51 bits per heavy atom. The Balaban J connectivity index is 1.56. The van der Waals surface area contributed by atoms with Gasteiger partial charge in [0, 0.05) is 59.0 Å². The number of nitrogens with zero attached hydrogens (tertiary/aromatic N) is 3. The number of rotatable bonds is 42. The van der Waals surface area contributed by atoms with Crippen LogP contribution in [0, 0.1) is 5.92 Å². The standard InChI is InChI=1S/C63H98N18O14/c1-37(2)33-45(57(89)74-41(53(68)85)27-32-95-3)73-52(84)36-72-54(86)46(34-38-15-6-4-7-16-38)78-58(90)47(35-39-17-8-5-9-18-39)79-56(88)42(23-25-50(66)82)75-55(87)43(24-26-51(67)83)76-59(91)49-22-14-31-81(49)62(94)44(20-10-11-28-64)77-60(92)48-21-13-30-80(48)61(93)40(65)19-12-29-71-63(69)70/h4-9,15-18,37,40-49H,10-14,19-36,64-65H2,1-3H3,(H2,66,82)(H2,67,83)(H2,68,85)(H,72,86)(H,73,84)(H,74,89)(H,75,87)(H,76,91)(H,77,92)(H,78,90)(H,79,88)(H4,69,70,71)/t40-,41-,42-,43-,44-,45-,46-,47-,48-,49-/m0/s1. The number of benzene rings is 2. The highest BCUT2D eigenvalue weighted by atomic mass is 16.5. The van der Waals surface area contributed by atoms with Crippen molar-refractivity contribution in [3.63, 3.8) is 0 Å². The minimum atomic E-state index is -1.65. The van der Waals surface area contributed by atoms with Crippen LogP contribution < -0.4 is 82.7 Å². The van der Waals surface area contributed by atoms with E-state index in [1.54, 1.807) is 60.7 Å². The number of ether oxygens (including phenoxy) is 1. The maximum atomic E-state index is 14.7. The van der Waals surface area contributed by atoms with Gasteiger partial charge in [-0.2, -0.15) is 0 Å². The number of primary amides is 3. The zero-order valence-electron chi connectivity index (χ0n) is 54.5. The summed E-state index contributed by atoms with van der Waals surface area (Å²) >= 11 is 0. The molecule has 95 heavy (non-hydrogen) atoms. The highest BCUT2D eigenvalue weighted by molar-refractivity contribution is 5.99. The molecule has 0 aliphatic carbocycles. The van der Waals surface area contributed by atoms with Crippen LogP contribution in [0.25, 0.3) is 0 Å². The zero-order valence-corrected chi connectivity index (χ0v) is 54.5. The maximum absolute atomic E-state index is 14.7. The Hall–Kier alpha value is -9.30. The van der Waals surface area contributed by atoms with Crippen LogP contribution in [-0.4, -0.2) is 199 Å². The molecule has 0 radical (unpaired) electrons. The van der Waals surface area contributed by atoms with Crippen molar-refractivity contribution in [1.82, 2.24) is 52.3 Å². The fraction of sp³-hybridized carbons (Fsp3) is 0.587. The van der Waals surface area contributed by atoms with Gasteiger partial charge >= 0.3 is 0 Å². The summed E-state index contributed by atoms with van der Waals surface area (Å²) in [5, 5.41) is 21.0. The number of nitrogens with two attached hydrogens (primary N) is 7. The number of carbonyl (C=O) groups excluding carboxylic acids is 13. The predicted octanol–water partition coefficient (Wildman–Crippen LogP) is -4.43. The summed E-state index contributed by atoms with van der Waals surface area (Å²) in [6.07, 6.45) is 1.04. The molecule has 10 atom stereocenters. The largest absolute Gasteiger partial charge is 0.385 e. The van der Waals surface area contributed by atoms with Gasteiger partial charge in [0.25, 0.3) is 0 Å². The van der Waals surface area contributed by atoms with Crippen LogP contribution in [-0.2, 0) is 79.9 Å². The first-order valence-corrected chi connectivity index (χ1v) is 32.2. The van der Waals surface area contributed by atoms with Crippen molar-refractivity contribution in [1.29, 1.82) is 0 Å².